The number of halogens is 2. The van der Waals surface area contributed by atoms with Gasteiger partial charge in [0.15, 0.2) is 6.61 Å². The fraction of sp³-hybridized carbons (Fsp3) is 0.263. The van der Waals surface area contributed by atoms with Gasteiger partial charge in [-0.3, -0.25) is 4.79 Å². The van der Waals surface area contributed by atoms with Gasteiger partial charge in [-0.25, -0.2) is 8.78 Å². The normalized spacial score (nSPS) is 14.0. The van der Waals surface area contributed by atoms with E-state index in [-0.39, 0.29) is 23.9 Å². The highest BCUT2D eigenvalue weighted by atomic mass is 19.1. The maximum atomic E-state index is 14.1. The van der Waals surface area contributed by atoms with E-state index >= 15 is 0 Å². The number of hydrogen-bond acceptors (Lipinski definition) is 4. The molecule has 0 radical (unpaired) electrons. The second-order valence-corrected chi connectivity index (χ2v) is 5.89. The van der Waals surface area contributed by atoms with Crippen molar-refractivity contribution in [3.8, 4) is 11.8 Å². The summed E-state index contributed by atoms with van der Waals surface area (Å²) in [7, 11) is 0. The zero-order chi connectivity index (χ0) is 18.5. The molecule has 0 aromatic heterocycles. The molecule has 3 rings (SSSR count). The van der Waals surface area contributed by atoms with Crippen molar-refractivity contribution >= 4 is 11.6 Å². The van der Waals surface area contributed by atoms with Crippen molar-refractivity contribution in [3.63, 3.8) is 0 Å². The van der Waals surface area contributed by atoms with Gasteiger partial charge < -0.3 is 14.5 Å². The van der Waals surface area contributed by atoms with Gasteiger partial charge in [0, 0.05) is 26.2 Å². The number of hydrogen-bond donors (Lipinski definition) is 0. The quantitative estimate of drug-likeness (QED) is 0.844. The molecular formula is C19H17F2N3O2. The van der Waals surface area contributed by atoms with E-state index in [1.54, 1.807) is 17.0 Å². The van der Waals surface area contributed by atoms with Gasteiger partial charge in [0.2, 0.25) is 0 Å². The number of piperazine rings is 1. The summed E-state index contributed by atoms with van der Waals surface area (Å²) in [6, 6.07) is 11.7. The fourth-order valence-electron chi connectivity index (χ4n) is 2.80. The third-order valence-electron chi connectivity index (χ3n) is 4.23. The molecule has 134 valence electrons. The molecule has 0 saturated carbocycles. The van der Waals surface area contributed by atoms with E-state index in [0.29, 0.717) is 37.6 Å². The topological polar surface area (TPSA) is 56.6 Å². The number of nitriles is 1. The zero-order valence-electron chi connectivity index (χ0n) is 14.0. The highest BCUT2D eigenvalue weighted by molar-refractivity contribution is 5.78. The zero-order valence-corrected chi connectivity index (χ0v) is 14.0. The molecule has 0 unspecified atom stereocenters. The number of nitrogens with zero attached hydrogens (tertiary/aromatic N) is 3. The van der Waals surface area contributed by atoms with Crippen molar-refractivity contribution in [1.82, 2.24) is 4.90 Å². The first-order chi connectivity index (χ1) is 12.6. The van der Waals surface area contributed by atoms with Crippen LogP contribution in [0.3, 0.4) is 0 Å². The van der Waals surface area contributed by atoms with E-state index in [9.17, 15) is 13.6 Å². The van der Waals surface area contributed by atoms with Crippen LogP contribution in [0.2, 0.25) is 0 Å². The monoisotopic (exact) mass is 357 g/mol. The van der Waals surface area contributed by atoms with Crippen molar-refractivity contribution in [3.05, 3.63) is 59.7 Å². The number of rotatable bonds is 4. The van der Waals surface area contributed by atoms with Crippen LogP contribution in [0.1, 0.15) is 5.56 Å². The first-order valence-corrected chi connectivity index (χ1v) is 8.17. The molecule has 1 fully saturated rings. The molecule has 1 heterocycles. The van der Waals surface area contributed by atoms with Gasteiger partial charge in [-0.1, -0.05) is 0 Å². The molecular weight excluding hydrogens is 340 g/mol. The van der Waals surface area contributed by atoms with E-state index < -0.39 is 5.82 Å². The van der Waals surface area contributed by atoms with Crippen molar-refractivity contribution < 1.29 is 18.3 Å². The van der Waals surface area contributed by atoms with E-state index in [2.05, 4.69) is 0 Å². The average Bonchev–Trinajstić information content (AvgIpc) is 2.67. The van der Waals surface area contributed by atoms with Crippen molar-refractivity contribution in [2.45, 2.75) is 0 Å². The van der Waals surface area contributed by atoms with Gasteiger partial charge in [0.1, 0.15) is 17.4 Å². The lowest BCUT2D eigenvalue weighted by Gasteiger charge is -2.36. The van der Waals surface area contributed by atoms with Gasteiger partial charge in [0.25, 0.3) is 5.91 Å². The molecule has 0 spiro atoms. The van der Waals surface area contributed by atoms with E-state index in [4.69, 9.17) is 10.00 Å². The largest absolute Gasteiger partial charge is 0.484 e. The summed E-state index contributed by atoms with van der Waals surface area (Å²) in [6.45, 7) is 1.75. The summed E-state index contributed by atoms with van der Waals surface area (Å²) >= 11 is 0. The van der Waals surface area contributed by atoms with Gasteiger partial charge >= 0.3 is 0 Å². The summed E-state index contributed by atoms with van der Waals surface area (Å²) < 4.78 is 32.3. The van der Waals surface area contributed by atoms with Crippen LogP contribution >= 0.6 is 0 Å². The molecule has 0 N–H and O–H groups in total. The Labute approximate surface area is 150 Å². The van der Waals surface area contributed by atoms with Crippen LogP contribution in [0.25, 0.3) is 0 Å². The Bertz CT molecular complexity index is 826. The summed E-state index contributed by atoms with van der Waals surface area (Å²) in [5.41, 5.74) is 0.705. The lowest BCUT2D eigenvalue weighted by Crippen LogP contribution is -2.50. The minimum atomic E-state index is -0.441. The number of carbonyl (C=O) groups is 1. The molecule has 2 aromatic carbocycles. The van der Waals surface area contributed by atoms with Crippen LogP contribution in [-0.2, 0) is 4.79 Å². The second-order valence-electron chi connectivity index (χ2n) is 5.89. The third kappa shape index (κ3) is 4.09. The van der Waals surface area contributed by atoms with Crippen molar-refractivity contribution in [1.29, 1.82) is 5.26 Å². The van der Waals surface area contributed by atoms with Crippen molar-refractivity contribution in [2.24, 2.45) is 0 Å². The molecule has 26 heavy (non-hydrogen) atoms. The molecule has 1 aliphatic rings. The Balaban J connectivity index is 1.52. The highest BCUT2D eigenvalue weighted by Gasteiger charge is 2.23. The molecule has 2 aromatic rings. The van der Waals surface area contributed by atoms with E-state index in [1.165, 1.54) is 30.3 Å². The summed E-state index contributed by atoms with van der Waals surface area (Å²) in [4.78, 5) is 15.7. The Morgan fingerprint density at radius 1 is 1.08 bits per heavy atom. The molecule has 1 aliphatic heterocycles. The molecule has 5 nitrogen and oxygen atoms in total. The number of ether oxygens (including phenoxy) is 1. The molecule has 0 atom stereocenters. The Kier molecular flexibility index (Phi) is 5.32. The van der Waals surface area contributed by atoms with Gasteiger partial charge in [-0.05, 0) is 42.5 Å². The van der Waals surface area contributed by atoms with Gasteiger partial charge in [-0.2, -0.15) is 5.26 Å². The maximum Gasteiger partial charge on any atom is 0.260 e. The Hall–Kier alpha value is -3.14. The summed E-state index contributed by atoms with van der Waals surface area (Å²) in [5.74, 6) is -0.550. The van der Waals surface area contributed by atoms with E-state index in [1.807, 2.05) is 11.0 Å². The minimum absolute atomic E-state index is 0.128. The second kappa shape index (κ2) is 7.83. The van der Waals surface area contributed by atoms with Gasteiger partial charge in [0.05, 0.1) is 17.3 Å². The number of benzene rings is 2. The van der Waals surface area contributed by atoms with E-state index in [0.717, 1.165) is 0 Å². The maximum absolute atomic E-state index is 14.1. The van der Waals surface area contributed by atoms with Crippen LogP contribution < -0.4 is 9.64 Å². The van der Waals surface area contributed by atoms with Gasteiger partial charge in [-0.15, -0.1) is 0 Å². The summed E-state index contributed by atoms with van der Waals surface area (Å²) in [5, 5.41) is 8.80. The lowest BCUT2D eigenvalue weighted by molar-refractivity contribution is -0.133. The first kappa shape index (κ1) is 17.7. The predicted molar refractivity (Wildman–Crippen MR) is 91.8 cm³/mol. The Morgan fingerprint density at radius 3 is 2.38 bits per heavy atom. The van der Waals surface area contributed by atoms with Crippen LogP contribution in [-0.4, -0.2) is 43.6 Å². The minimum Gasteiger partial charge on any atom is -0.484 e. The standard InChI is InChI=1S/C19H17F2N3O2/c20-15-2-4-16(5-3-15)26-13-19(25)24-9-7-23(8-10-24)18-6-1-14(12-22)11-17(18)21/h1-6,11H,7-10,13H2. The lowest BCUT2D eigenvalue weighted by atomic mass is 10.2. The number of anilines is 1. The third-order valence-corrected chi connectivity index (χ3v) is 4.23. The van der Waals surface area contributed by atoms with Crippen LogP contribution in [0.4, 0.5) is 14.5 Å². The molecule has 1 saturated heterocycles. The SMILES string of the molecule is N#Cc1ccc(N2CCN(C(=O)COc3ccc(F)cc3)CC2)c(F)c1. The number of carbonyl (C=O) groups excluding carboxylic acids is 1. The van der Waals surface area contributed by atoms with Crippen LogP contribution in [0.15, 0.2) is 42.5 Å². The highest BCUT2D eigenvalue weighted by Crippen LogP contribution is 2.22. The molecule has 0 bridgehead atoms. The summed E-state index contributed by atoms with van der Waals surface area (Å²) in [6.07, 6.45) is 0. The predicted octanol–water partition coefficient (Wildman–Crippen LogP) is 2.56. The van der Waals surface area contributed by atoms with Crippen LogP contribution in [0, 0.1) is 23.0 Å². The van der Waals surface area contributed by atoms with Crippen LogP contribution in [0.5, 0.6) is 5.75 Å². The average molecular weight is 357 g/mol. The molecule has 7 heteroatoms. The van der Waals surface area contributed by atoms with Crippen molar-refractivity contribution in [2.75, 3.05) is 37.7 Å². The number of amides is 1. The molecule has 1 amide bonds. The fourth-order valence-corrected chi connectivity index (χ4v) is 2.80. The Morgan fingerprint density at radius 2 is 1.77 bits per heavy atom. The molecule has 0 aliphatic carbocycles. The first-order valence-electron chi connectivity index (χ1n) is 8.17. The smallest absolute Gasteiger partial charge is 0.260 e.